The Morgan fingerprint density at radius 2 is 2.17 bits per heavy atom. The van der Waals surface area contributed by atoms with E-state index >= 15 is 0 Å². The minimum absolute atomic E-state index is 0.104. The van der Waals surface area contributed by atoms with Crippen LogP contribution < -0.4 is 10.6 Å². The molecule has 0 radical (unpaired) electrons. The third-order valence-corrected chi connectivity index (χ3v) is 2.52. The van der Waals surface area contributed by atoms with Crippen LogP contribution in [0.25, 0.3) is 0 Å². The molecule has 2 amide bonds. The van der Waals surface area contributed by atoms with Crippen molar-refractivity contribution < 1.29 is 24.2 Å². The molecule has 1 aliphatic heterocycles. The fraction of sp³-hybridized carbons (Fsp3) is 0.818. The lowest BCUT2D eigenvalue weighted by Gasteiger charge is -2.22. The van der Waals surface area contributed by atoms with Crippen molar-refractivity contribution >= 4 is 12.0 Å². The summed E-state index contributed by atoms with van der Waals surface area (Å²) in [5, 5.41) is 13.6. The maximum atomic E-state index is 11.3. The minimum atomic E-state index is -1.02. The van der Waals surface area contributed by atoms with Crippen molar-refractivity contribution in [2.45, 2.75) is 25.4 Å². The van der Waals surface area contributed by atoms with E-state index in [0.717, 1.165) is 25.9 Å². The summed E-state index contributed by atoms with van der Waals surface area (Å²) in [5.41, 5.74) is 0. The Labute approximate surface area is 106 Å². The number of aliphatic carboxylic acids is 1. The van der Waals surface area contributed by atoms with Gasteiger partial charge in [0.15, 0.2) is 0 Å². The molecule has 18 heavy (non-hydrogen) atoms. The topological polar surface area (TPSA) is 96.9 Å². The zero-order valence-corrected chi connectivity index (χ0v) is 10.3. The molecule has 1 unspecified atom stereocenters. The number of carboxylic acid groups (broad SMARTS) is 1. The highest BCUT2D eigenvalue weighted by Gasteiger charge is 2.14. The zero-order chi connectivity index (χ0) is 13.2. The second kappa shape index (κ2) is 8.71. The van der Waals surface area contributed by atoms with Crippen LogP contribution in [-0.2, 0) is 14.3 Å². The smallest absolute Gasteiger partial charge is 0.329 e. The fourth-order valence-electron chi connectivity index (χ4n) is 1.63. The van der Waals surface area contributed by atoms with Crippen LogP contribution >= 0.6 is 0 Å². The van der Waals surface area contributed by atoms with Gasteiger partial charge >= 0.3 is 12.0 Å². The van der Waals surface area contributed by atoms with Crippen LogP contribution in [-0.4, -0.2) is 56.1 Å². The van der Waals surface area contributed by atoms with Gasteiger partial charge in [-0.1, -0.05) is 0 Å². The summed E-state index contributed by atoms with van der Waals surface area (Å²) < 4.78 is 10.2. The standard InChI is InChI=1S/C11H20N2O5/c14-10(15)8-17-6-4-12-11(16)13-7-9-3-1-2-5-18-9/h9H,1-8H2,(H,14,15)(H2,12,13,16). The summed E-state index contributed by atoms with van der Waals surface area (Å²) in [6.07, 6.45) is 3.30. The molecule has 0 saturated carbocycles. The van der Waals surface area contributed by atoms with Gasteiger partial charge in [-0.25, -0.2) is 9.59 Å². The van der Waals surface area contributed by atoms with Gasteiger partial charge in [-0.2, -0.15) is 0 Å². The molecule has 1 aliphatic rings. The molecule has 0 aromatic carbocycles. The molecule has 0 spiro atoms. The van der Waals surface area contributed by atoms with Gasteiger partial charge in [-0.15, -0.1) is 0 Å². The quantitative estimate of drug-likeness (QED) is 0.558. The summed E-state index contributed by atoms with van der Waals surface area (Å²) in [6.45, 7) is 1.38. The first-order valence-corrected chi connectivity index (χ1v) is 6.11. The maximum absolute atomic E-state index is 11.3. The van der Waals surface area contributed by atoms with Crippen LogP contribution in [0.3, 0.4) is 0 Å². The van der Waals surface area contributed by atoms with Gasteiger partial charge in [-0.3, -0.25) is 0 Å². The normalized spacial score (nSPS) is 19.2. The molecule has 0 aliphatic carbocycles. The van der Waals surface area contributed by atoms with Crippen molar-refractivity contribution in [3.63, 3.8) is 0 Å². The molecule has 0 aromatic heterocycles. The lowest BCUT2D eigenvalue weighted by Crippen LogP contribution is -2.42. The SMILES string of the molecule is O=C(O)COCCNC(=O)NCC1CCCCO1. The molecule has 1 saturated heterocycles. The van der Waals surface area contributed by atoms with E-state index in [1.807, 2.05) is 0 Å². The zero-order valence-electron chi connectivity index (χ0n) is 10.3. The number of carbonyl (C=O) groups is 2. The number of ether oxygens (including phenoxy) is 2. The van der Waals surface area contributed by atoms with E-state index in [2.05, 4.69) is 10.6 Å². The second-order valence-electron chi connectivity index (χ2n) is 4.07. The summed E-state index contributed by atoms with van der Waals surface area (Å²) >= 11 is 0. The van der Waals surface area contributed by atoms with E-state index in [1.165, 1.54) is 0 Å². The van der Waals surface area contributed by atoms with Crippen molar-refractivity contribution in [1.82, 2.24) is 10.6 Å². The van der Waals surface area contributed by atoms with Crippen molar-refractivity contribution in [3.05, 3.63) is 0 Å². The highest BCUT2D eigenvalue weighted by atomic mass is 16.5. The number of hydrogen-bond donors (Lipinski definition) is 3. The van der Waals surface area contributed by atoms with Crippen LogP contribution in [0.4, 0.5) is 4.79 Å². The molecule has 3 N–H and O–H groups in total. The highest BCUT2D eigenvalue weighted by Crippen LogP contribution is 2.11. The Hall–Kier alpha value is -1.34. The van der Waals surface area contributed by atoms with Crippen molar-refractivity contribution in [3.8, 4) is 0 Å². The molecule has 7 heteroatoms. The van der Waals surface area contributed by atoms with Gasteiger partial charge < -0.3 is 25.2 Å². The average molecular weight is 260 g/mol. The number of carboxylic acids is 1. The summed E-state index contributed by atoms with van der Waals surface area (Å²) in [5.74, 6) is -1.02. The number of rotatable bonds is 7. The summed E-state index contributed by atoms with van der Waals surface area (Å²) in [7, 11) is 0. The monoisotopic (exact) mass is 260 g/mol. The first kappa shape index (κ1) is 14.7. The number of nitrogens with one attached hydrogen (secondary N) is 2. The lowest BCUT2D eigenvalue weighted by atomic mass is 10.1. The van der Waals surface area contributed by atoms with Gasteiger partial charge in [0.2, 0.25) is 0 Å². The second-order valence-corrected chi connectivity index (χ2v) is 4.07. The maximum Gasteiger partial charge on any atom is 0.329 e. The van der Waals surface area contributed by atoms with Gasteiger partial charge in [0.1, 0.15) is 6.61 Å². The van der Waals surface area contributed by atoms with Crippen molar-refractivity contribution in [2.24, 2.45) is 0 Å². The molecular formula is C11H20N2O5. The molecule has 0 bridgehead atoms. The number of urea groups is 1. The van der Waals surface area contributed by atoms with Gasteiger partial charge in [-0.05, 0) is 19.3 Å². The predicted molar refractivity (Wildman–Crippen MR) is 63.4 cm³/mol. The Morgan fingerprint density at radius 1 is 1.33 bits per heavy atom. The van der Waals surface area contributed by atoms with Gasteiger partial charge in [0.05, 0.1) is 12.7 Å². The Balaban J connectivity index is 1.94. The van der Waals surface area contributed by atoms with Crippen molar-refractivity contribution in [1.29, 1.82) is 0 Å². The summed E-state index contributed by atoms with van der Waals surface area (Å²) in [6, 6.07) is -0.289. The predicted octanol–water partition coefficient (Wildman–Crippen LogP) is -0.0441. The molecule has 0 aromatic rings. The van der Waals surface area contributed by atoms with E-state index in [9.17, 15) is 9.59 Å². The molecule has 1 fully saturated rings. The molecule has 1 atom stereocenters. The molecule has 7 nitrogen and oxygen atoms in total. The van der Waals surface area contributed by atoms with Crippen LogP contribution in [0, 0.1) is 0 Å². The minimum Gasteiger partial charge on any atom is -0.480 e. The van der Waals surface area contributed by atoms with Crippen molar-refractivity contribution in [2.75, 3.05) is 32.9 Å². The van der Waals surface area contributed by atoms with E-state index in [0.29, 0.717) is 6.54 Å². The van der Waals surface area contributed by atoms with E-state index in [1.54, 1.807) is 0 Å². The average Bonchev–Trinajstić information content (AvgIpc) is 2.37. The van der Waals surface area contributed by atoms with Gasteiger partial charge in [0.25, 0.3) is 0 Å². The highest BCUT2D eigenvalue weighted by molar-refractivity contribution is 5.73. The van der Waals surface area contributed by atoms with Gasteiger partial charge in [0, 0.05) is 19.7 Å². The molecule has 104 valence electrons. The Morgan fingerprint density at radius 3 is 2.83 bits per heavy atom. The summed E-state index contributed by atoms with van der Waals surface area (Å²) in [4.78, 5) is 21.5. The number of carbonyl (C=O) groups excluding carboxylic acids is 1. The molecule has 1 heterocycles. The third kappa shape index (κ3) is 7.08. The van der Waals surface area contributed by atoms with E-state index < -0.39 is 5.97 Å². The largest absolute Gasteiger partial charge is 0.480 e. The third-order valence-electron chi connectivity index (χ3n) is 2.52. The Kier molecular flexibility index (Phi) is 7.12. The van der Waals surface area contributed by atoms with Crippen LogP contribution in [0.2, 0.25) is 0 Å². The molecular weight excluding hydrogens is 240 g/mol. The van der Waals surface area contributed by atoms with Crippen LogP contribution in [0.15, 0.2) is 0 Å². The fourth-order valence-corrected chi connectivity index (χ4v) is 1.63. The van der Waals surface area contributed by atoms with Crippen LogP contribution in [0.1, 0.15) is 19.3 Å². The van der Waals surface area contributed by atoms with Crippen LogP contribution in [0.5, 0.6) is 0 Å². The lowest BCUT2D eigenvalue weighted by molar-refractivity contribution is -0.142. The van der Waals surface area contributed by atoms with E-state index in [-0.39, 0.29) is 31.9 Å². The Bertz CT molecular complexity index is 266. The first-order chi connectivity index (χ1) is 8.68. The van der Waals surface area contributed by atoms with E-state index in [4.69, 9.17) is 14.6 Å². The first-order valence-electron chi connectivity index (χ1n) is 6.11. The molecule has 1 rings (SSSR count). The number of hydrogen-bond acceptors (Lipinski definition) is 4. The number of amides is 2.